The van der Waals surface area contributed by atoms with E-state index in [-0.39, 0.29) is 21.8 Å². The van der Waals surface area contributed by atoms with Crippen LogP contribution >= 0.6 is 22.9 Å². The van der Waals surface area contributed by atoms with Crippen molar-refractivity contribution in [1.82, 2.24) is 15.4 Å². The number of aryl methyl sites for hydroxylation is 1. The molecule has 0 aromatic carbocycles. The zero-order valence-corrected chi connectivity index (χ0v) is 13.0. The normalized spacial score (nSPS) is 12.0. The first-order valence-electron chi connectivity index (χ1n) is 6.10. The molecule has 2 aromatic rings. The molecule has 0 aliphatic carbocycles. The van der Waals surface area contributed by atoms with Crippen LogP contribution in [0.5, 0.6) is 0 Å². The van der Waals surface area contributed by atoms with E-state index in [1.807, 2.05) is 0 Å². The van der Waals surface area contributed by atoms with Crippen molar-refractivity contribution >= 4 is 34.8 Å². The lowest BCUT2D eigenvalue weighted by Crippen LogP contribution is -2.27. The SMILES string of the molecule is C[C@H](NC(=O)c1cccn1C)c1cc(C(=O)NO)c(Cl)s1. The second-order valence-corrected chi connectivity index (χ2v) is 6.16. The molecule has 0 saturated carbocycles. The first-order valence-corrected chi connectivity index (χ1v) is 7.29. The van der Waals surface area contributed by atoms with E-state index in [2.05, 4.69) is 5.32 Å². The minimum Gasteiger partial charge on any atom is -0.347 e. The van der Waals surface area contributed by atoms with Crippen molar-refractivity contribution in [1.29, 1.82) is 0 Å². The highest BCUT2D eigenvalue weighted by molar-refractivity contribution is 7.16. The number of carbonyl (C=O) groups is 2. The van der Waals surface area contributed by atoms with Gasteiger partial charge in [0.05, 0.1) is 11.6 Å². The Hall–Kier alpha value is -1.83. The van der Waals surface area contributed by atoms with Crippen molar-refractivity contribution in [3.63, 3.8) is 0 Å². The van der Waals surface area contributed by atoms with Gasteiger partial charge in [0.25, 0.3) is 11.8 Å². The Morgan fingerprint density at radius 2 is 2.14 bits per heavy atom. The first-order chi connectivity index (χ1) is 9.93. The molecule has 3 N–H and O–H groups in total. The molecule has 2 amide bonds. The number of carbonyl (C=O) groups excluding carboxylic acids is 2. The van der Waals surface area contributed by atoms with Crippen LogP contribution in [-0.2, 0) is 7.05 Å². The summed E-state index contributed by atoms with van der Waals surface area (Å²) in [5, 5.41) is 11.5. The number of hydrogen-bond donors (Lipinski definition) is 3. The molecule has 2 rings (SSSR count). The van der Waals surface area contributed by atoms with E-state index in [1.54, 1.807) is 42.9 Å². The fourth-order valence-electron chi connectivity index (χ4n) is 1.85. The topological polar surface area (TPSA) is 83.4 Å². The Morgan fingerprint density at radius 3 is 2.71 bits per heavy atom. The maximum atomic E-state index is 12.1. The summed E-state index contributed by atoms with van der Waals surface area (Å²) in [5.41, 5.74) is 2.26. The molecule has 6 nitrogen and oxygen atoms in total. The van der Waals surface area contributed by atoms with Gasteiger partial charge in [-0.15, -0.1) is 11.3 Å². The van der Waals surface area contributed by atoms with E-state index in [9.17, 15) is 9.59 Å². The minimum atomic E-state index is -0.677. The van der Waals surface area contributed by atoms with Crippen molar-refractivity contribution in [2.75, 3.05) is 0 Å². The Balaban J connectivity index is 2.14. The van der Waals surface area contributed by atoms with Gasteiger partial charge in [-0.05, 0) is 25.1 Å². The molecule has 2 heterocycles. The number of thiophene rings is 1. The van der Waals surface area contributed by atoms with Crippen molar-refractivity contribution in [2.24, 2.45) is 7.05 Å². The molecular formula is C13H14ClN3O3S. The van der Waals surface area contributed by atoms with Crippen LogP contribution in [-0.4, -0.2) is 21.6 Å². The molecule has 8 heteroatoms. The van der Waals surface area contributed by atoms with Crippen molar-refractivity contribution < 1.29 is 14.8 Å². The van der Waals surface area contributed by atoms with E-state index >= 15 is 0 Å². The van der Waals surface area contributed by atoms with Crippen LogP contribution in [0, 0.1) is 0 Å². The quantitative estimate of drug-likeness (QED) is 0.595. The minimum absolute atomic E-state index is 0.180. The number of rotatable bonds is 4. The predicted molar refractivity (Wildman–Crippen MR) is 79.9 cm³/mol. The molecular weight excluding hydrogens is 314 g/mol. The molecule has 0 spiro atoms. The van der Waals surface area contributed by atoms with Gasteiger partial charge in [-0.2, -0.15) is 0 Å². The average Bonchev–Trinajstić information content (AvgIpc) is 3.04. The maximum Gasteiger partial charge on any atom is 0.277 e. The fourth-order valence-corrected chi connectivity index (χ4v) is 3.14. The van der Waals surface area contributed by atoms with Gasteiger partial charge >= 0.3 is 0 Å². The third-order valence-corrected chi connectivity index (χ3v) is 4.54. The van der Waals surface area contributed by atoms with Crippen LogP contribution in [0.3, 0.4) is 0 Å². The van der Waals surface area contributed by atoms with Crippen LogP contribution in [0.15, 0.2) is 24.4 Å². The van der Waals surface area contributed by atoms with Crippen LogP contribution in [0.1, 0.15) is 38.7 Å². The van der Waals surface area contributed by atoms with Gasteiger partial charge < -0.3 is 9.88 Å². The molecule has 21 heavy (non-hydrogen) atoms. The summed E-state index contributed by atoms with van der Waals surface area (Å²) < 4.78 is 1.98. The summed E-state index contributed by atoms with van der Waals surface area (Å²) >= 11 is 7.14. The van der Waals surface area contributed by atoms with E-state index in [0.717, 1.165) is 4.88 Å². The van der Waals surface area contributed by atoms with Crippen molar-refractivity contribution in [3.05, 3.63) is 44.9 Å². The second-order valence-electron chi connectivity index (χ2n) is 4.48. The van der Waals surface area contributed by atoms with Crippen molar-refractivity contribution in [3.8, 4) is 0 Å². The Kier molecular flexibility index (Phi) is 4.66. The predicted octanol–water partition coefficient (Wildman–Crippen LogP) is 2.35. The number of aromatic nitrogens is 1. The van der Waals surface area contributed by atoms with Crippen molar-refractivity contribution in [2.45, 2.75) is 13.0 Å². The number of nitrogens with zero attached hydrogens (tertiary/aromatic N) is 1. The number of nitrogens with one attached hydrogen (secondary N) is 2. The molecule has 0 aliphatic heterocycles. The van der Waals surface area contributed by atoms with Crippen LogP contribution in [0.4, 0.5) is 0 Å². The van der Waals surface area contributed by atoms with Gasteiger partial charge in [0.1, 0.15) is 10.0 Å². The highest BCUT2D eigenvalue weighted by atomic mass is 35.5. The third-order valence-electron chi connectivity index (χ3n) is 3.00. The van der Waals surface area contributed by atoms with Gasteiger partial charge in [-0.3, -0.25) is 14.8 Å². The first kappa shape index (κ1) is 15.6. The lowest BCUT2D eigenvalue weighted by molar-refractivity contribution is 0.0707. The molecule has 0 bridgehead atoms. The Morgan fingerprint density at radius 1 is 1.43 bits per heavy atom. The summed E-state index contributed by atoms with van der Waals surface area (Å²) in [5.74, 6) is -0.892. The number of halogens is 1. The lowest BCUT2D eigenvalue weighted by Gasteiger charge is -2.12. The number of amides is 2. The summed E-state index contributed by atoms with van der Waals surface area (Å²) in [4.78, 5) is 24.2. The largest absolute Gasteiger partial charge is 0.347 e. The smallest absolute Gasteiger partial charge is 0.277 e. The molecule has 0 fully saturated rings. The van der Waals surface area contributed by atoms with Gasteiger partial charge in [0.2, 0.25) is 0 Å². The monoisotopic (exact) mass is 327 g/mol. The van der Waals surface area contributed by atoms with Gasteiger partial charge in [-0.1, -0.05) is 11.6 Å². The number of hydroxylamine groups is 1. The summed E-state index contributed by atoms with van der Waals surface area (Å²) in [6.07, 6.45) is 1.78. The zero-order chi connectivity index (χ0) is 15.6. The second kappa shape index (κ2) is 6.30. The van der Waals surface area contributed by atoms with E-state index in [0.29, 0.717) is 5.69 Å². The van der Waals surface area contributed by atoms with Gasteiger partial charge in [-0.25, -0.2) is 5.48 Å². The Bertz CT molecular complexity index is 680. The maximum absolute atomic E-state index is 12.1. The van der Waals surface area contributed by atoms with E-state index in [4.69, 9.17) is 16.8 Å². The van der Waals surface area contributed by atoms with Crippen LogP contribution in [0.25, 0.3) is 0 Å². The average molecular weight is 328 g/mol. The molecule has 2 aromatic heterocycles. The van der Waals surface area contributed by atoms with Gasteiger partial charge in [0, 0.05) is 18.1 Å². The van der Waals surface area contributed by atoms with Crippen LogP contribution in [0.2, 0.25) is 4.34 Å². The molecule has 0 aliphatic rings. The highest BCUT2D eigenvalue weighted by Gasteiger charge is 2.19. The third kappa shape index (κ3) is 3.26. The van der Waals surface area contributed by atoms with Gasteiger partial charge in [0.15, 0.2) is 0 Å². The molecule has 0 unspecified atom stereocenters. The fraction of sp³-hybridized carbons (Fsp3) is 0.231. The lowest BCUT2D eigenvalue weighted by atomic mass is 10.2. The summed E-state index contributed by atoms with van der Waals surface area (Å²) in [6.45, 7) is 1.80. The summed E-state index contributed by atoms with van der Waals surface area (Å²) in [7, 11) is 1.78. The highest BCUT2D eigenvalue weighted by Crippen LogP contribution is 2.31. The molecule has 0 radical (unpaired) electrons. The Labute approximate surface area is 130 Å². The molecule has 112 valence electrons. The molecule has 1 atom stereocenters. The number of hydrogen-bond acceptors (Lipinski definition) is 4. The zero-order valence-electron chi connectivity index (χ0n) is 11.4. The summed E-state index contributed by atoms with van der Waals surface area (Å²) in [6, 6.07) is 4.74. The standard InChI is InChI=1S/C13H14ClN3O3S/c1-7(15-13(19)9-4-3-5-17(9)2)10-6-8(11(14)21-10)12(18)16-20/h3-7,20H,1-2H3,(H,15,19)(H,16,18)/t7-/m0/s1. The van der Waals surface area contributed by atoms with E-state index in [1.165, 1.54) is 16.8 Å². The molecule has 0 saturated heterocycles. The van der Waals surface area contributed by atoms with E-state index < -0.39 is 5.91 Å². The van der Waals surface area contributed by atoms with Crippen LogP contribution < -0.4 is 10.8 Å².